The van der Waals surface area contributed by atoms with Crippen LogP contribution in [0.25, 0.3) is 0 Å². The predicted octanol–water partition coefficient (Wildman–Crippen LogP) is 1.57. The van der Waals surface area contributed by atoms with Crippen LogP contribution in [0.1, 0.15) is 32.1 Å². The summed E-state index contributed by atoms with van der Waals surface area (Å²) in [5.74, 6) is 0.871. The summed E-state index contributed by atoms with van der Waals surface area (Å²) in [4.78, 5) is 0. The first-order valence-electron chi connectivity index (χ1n) is 6.79. The van der Waals surface area contributed by atoms with Crippen molar-refractivity contribution in [1.82, 2.24) is 5.32 Å². The molecule has 2 atom stereocenters. The molecule has 0 unspecified atom stereocenters. The third kappa shape index (κ3) is 2.27. The van der Waals surface area contributed by atoms with Gasteiger partial charge >= 0.3 is 0 Å². The number of hydrogen-bond acceptors (Lipinski definition) is 3. The molecule has 3 aliphatic rings. The van der Waals surface area contributed by atoms with Crippen molar-refractivity contribution in [3.63, 3.8) is 0 Å². The molecule has 1 aliphatic carbocycles. The Kier molecular flexibility index (Phi) is 3.18. The molecule has 16 heavy (non-hydrogen) atoms. The summed E-state index contributed by atoms with van der Waals surface area (Å²) >= 11 is 0. The van der Waals surface area contributed by atoms with E-state index in [0.717, 1.165) is 45.2 Å². The van der Waals surface area contributed by atoms with E-state index in [-0.39, 0.29) is 5.41 Å². The molecule has 92 valence electrons. The zero-order valence-electron chi connectivity index (χ0n) is 10.0. The van der Waals surface area contributed by atoms with Gasteiger partial charge in [-0.3, -0.25) is 0 Å². The molecule has 2 aliphatic heterocycles. The topological polar surface area (TPSA) is 30.5 Å². The Morgan fingerprint density at radius 2 is 2.25 bits per heavy atom. The zero-order valence-corrected chi connectivity index (χ0v) is 10.0. The number of fused-ring (bicyclic) bond motifs is 1. The van der Waals surface area contributed by atoms with Gasteiger partial charge in [-0.2, -0.15) is 0 Å². The van der Waals surface area contributed by atoms with Crippen molar-refractivity contribution in [3.05, 3.63) is 0 Å². The highest BCUT2D eigenvalue weighted by Crippen LogP contribution is 2.38. The van der Waals surface area contributed by atoms with Crippen LogP contribution in [-0.4, -0.2) is 39.0 Å². The zero-order chi connectivity index (χ0) is 10.8. The van der Waals surface area contributed by atoms with E-state index in [4.69, 9.17) is 9.47 Å². The molecule has 3 rings (SSSR count). The molecule has 0 bridgehead atoms. The first-order valence-corrected chi connectivity index (χ1v) is 6.79. The maximum atomic E-state index is 5.94. The second kappa shape index (κ2) is 4.63. The number of piperidine rings is 1. The Hall–Kier alpha value is -0.120. The molecule has 2 heterocycles. The highest BCUT2D eigenvalue weighted by molar-refractivity contribution is 4.95. The van der Waals surface area contributed by atoms with Gasteiger partial charge in [-0.15, -0.1) is 0 Å². The smallest absolute Gasteiger partial charge is 0.0677 e. The third-order valence-corrected chi connectivity index (χ3v) is 4.32. The van der Waals surface area contributed by atoms with E-state index in [0.29, 0.717) is 6.10 Å². The minimum absolute atomic E-state index is 0.283. The molecule has 3 heteroatoms. The van der Waals surface area contributed by atoms with Crippen LogP contribution in [0.3, 0.4) is 0 Å². The van der Waals surface area contributed by atoms with Gasteiger partial charge in [0.15, 0.2) is 0 Å². The SMILES string of the molecule is C1CO[C@@H]2CCNC[C@@]2(COCC2CC2)C1. The lowest BCUT2D eigenvalue weighted by Crippen LogP contribution is -2.55. The van der Waals surface area contributed by atoms with Gasteiger partial charge in [0.2, 0.25) is 0 Å². The van der Waals surface area contributed by atoms with Gasteiger partial charge in [0.1, 0.15) is 0 Å². The summed E-state index contributed by atoms with van der Waals surface area (Å²) in [5, 5.41) is 3.52. The van der Waals surface area contributed by atoms with Gasteiger partial charge in [0, 0.05) is 25.2 Å². The van der Waals surface area contributed by atoms with E-state index in [1.54, 1.807) is 0 Å². The van der Waals surface area contributed by atoms with Crippen LogP contribution < -0.4 is 5.32 Å². The molecule has 0 aromatic carbocycles. The molecule has 1 N–H and O–H groups in total. The van der Waals surface area contributed by atoms with Crippen LogP contribution in [0.4, 0.5) is 0 Å². The highest BCUT2D eigenvalue weighted by atomic mass is 16.5. The van der Waals surface area contributed by atoms with Gasteiger partial charge in [-0.1, -0.05) is 0 Å². The monoisotopic (exact) mass is 225 g/mol. The van der Waals surface area contributed by atoms with E-state index in [1.165, 1.54) is 25.7 Å². The summed E-state index contributed by atoms with van der Waals surface area (Å²) in [7, 11) is 0. The van der Waals surface area contributed by atoms with Crippen molar-refractivity contribution in [2.24, 2.45) is 11.3 Å². The standard InChI is InChI=1S/C13H23NO2/c1-5-13(10-15-8-11-2-3-11)9-14-6-4-12(13)16-7-1/h11-12,14H,1-10H2/t12-,13-/m1/s1. The second-order valence-corrected chi connectivity index (χ2v) is 5.75. The minimum atomic E-state index is 0.283. The van der Waals surface area contributed by atoms with E-state index >= 15 is 0 Å². The summed E-state index contributed by atoms with van der Waals surface area (Å²) in [6, 6.07) is 0. The Balaban J connectivity index is 1.56. The summed E-state index contributed by atoms with van der Waals surface area (Å²) in [6.45, 7) is 5.03. The fraction of sp³-hybridized carbons (Fsp3) is 1.00. The molecule has 0 aromatic rings. The van der Waals surface area contributed by atoms with Crippen molar-refractivity contribution in [1.29, 1.82) is 0 Å². The fourth-order valence-corrected chi connectivity index (χ4v) is 3.08. The first kappa shape index (κ1) is 11.0. The van der Waals surface area contributed by atoms with Gasteiger partial charge < -0.3 is 14.8 Å². The van der Waals surface area contributed by atoms with E-state index < -0.39 is 0 Å². The third-order valence-electron chi connectivity index (χ3n) is 4.32. The maximum absolute atomic E-state index is 5.94. The van der Waals surface area contributed by atoms with Crippen LogP contribution in [0.5, 0.6) is 0 Å². The molecular weight excluding hydrogens is 202 g/mol. The lowest BCUT2D eigenvalue weighted by atomic mass is 9.73. The van der Waals surface area contributed by atoms with Crippen molar-refractivity contribution in [3.8, 4) is 0 Å². The van der Waals surface area contributed by atoms with Gasteiger partial charge in [-0.05, 0) is 44.6 Å². The van der Waals surface area contributed by atoms with Gasteiger partial charge in [0.05, 0.1) is 12.7 Å². The van der Waals surface area contributed by atoms with Crippen LogP contribution in [0, 0.1) is 11.3 Å². The van der Waals surface area contributed by atoms with Gasteiger partial charge in [0.25, 0.3) is 0 Å². The first-order chi connectivity index (χ1) is 7.89. The molecule has 0 amide bonds. The second-order valence-electron chi connectivity index (χ2n) is 5.75. The van der Waals surface area contributed by atoms with Crippen molar-refractivity contribution < 1.29 is 9.47 Å². The number of rotatable bonds is 4. The van der Waals surface area contributed by atoms with Crippen LogP contribution in [0.2, 0.25) is 0 Å². The number of ether oxygens (including phenoxy) is 2. The van der Waals surface area contributed by atoms with Crippen LogP contribution in [-0.2, 0) is 9.47 Å². The molecule has 2 saturated heterocycles. The Labute approximate surface area is 97.9 Å². The summed E-state index contributed by atoms with van der Waals surface area (Å²) in [5.41, 5.74) is 0.283. The maximum Gasteiger partial charge on any atom is 0.0677 e. The molecular formula is C13H23NO2. The van der Waals surface area contributed by atoms with Crippen molar-refractivity contribution in [2.75, 3.05) is 32.9 Å². The number of nitrogens with one attached hydrogen (secondary N) is 1. The number of hydrogen-bond donors (Lipinski definition) is 1. The molecule has 3 nitrogen and oxygen atoms in total. The predicted molar refractivity (Wildman–Crippen MR) is 62.4 cm³/mol. The van der Waals surface area contributed by atoms with Crippen LogP contribution >= 0.6 is 0 Å². The lowest BCUT2D eigenvalue weighted by Gasteiger charge is -2.47. The average Bonchev–Trinajstić information content (AvgIpc) is 3.13. The van der Waals surface area contributed by atoms with Gasteiger partial charge in [-0.25, -0.2) is 0 Å². The Morgan fingerprint density at radius 3 is 3.12 bits per heavy atom. The fourth-order valence-electron chi connectivity index (χ4n) is 3.08. The lowest BCUT2D eigenvalue weighted by molar-refractivity contribution is -0.131. The summed E-state index contributed by atoms with van der Waals surface area (Å²) in [6.07, 6.45) is 6.84. The van der Waals surface area contributed by atoms with Crippen LogP contribution in [0.15, 0.2) is 0 Å². The largest absolute Gasteiger partial charge is 0.380 e. The minimum Gasteiger partial charge on any atom is -0.380 e. The highest BCUT2D eigenvalue weighted by Gasteiger charge is 2.43. The summed E-state index contributed by atoms with van der Waals surface area (Å²) < 4.78 is 11.9. The van der Waals surface area contributed by atoms with Crippen molar-refractivity contribution in [2.45, 2.75) is 38.2 Å². The van der Waals surface area contributed by atoms with E-state index in [9.17, 15) is 0 Å². The normalized spacial score (nSPS) is 39.4. The average molecular weight is 225 g/mol. The molecule has 0 aromatic heterocycles. The van der Waals surface area contributed by atoms with E-state index in [2.05, 4.69) is 5.32 Å². The van der Waals surface area contributed by atoms with Crippen molar-refractivity contribution >= 4 is 0 Å². The molecule has 3 fully saturated rings. The Bertz CT molecular complexity index is 228. The molecule has 1 saturated carbocycles. The molecule has 0 spiro atoms. The van der Waals surface area contributed by atoms with E-state index in [1.807, 2.05) is 0 Å². The Morgan fingerprint density at radius 1 is 1.31 bits per heavy atom. The quantitative estimate of drug-likeness (QED) is 0.788. The molecule has 0 radical (unpaired) electrons.